The summed E-state index contributed by atoms with van der Waals surface area (Å²) in [5, 5.41) is -0.238. The van der Waals surface area contributed by atoms with E-state index in [9.17, 15) is 4.79 Å². The van der Waals surface area contributed by atoms with Crippen molar-refractivity contribution in [3.63, 3.8) is 0 Å². The zero-order chi connectivity index (χ0) is 8.57. The third-order valence-electron chi connectivity index (χ3n) is 0.447. The van der Waals surface area contributed by atoms with E-state index in [1.165, 1.54) is 0 Å². The van der Waals surface area contributed by atoms with E-state index < -0.39 is 0 Å². The van der Waals surface area contributed by atoms with Gasteiger partial charge in [0.15, 0.2) is 0 Å². The fraction of sp³-hybridized carbons (Fsp3) is 0.857. The van der Waals surface area contributed by atoms with Crippen LogP contribution in [0.25, 0.3) is 0 Å². The lowest BCUT2D eigenvalue weighted by molar-refractivity contribution is -0.111. The summed E-state index contributed by atoms with van der Waals surface area (Å²) in [5.74, 6) is 0. The molecule has 0 saturated heterocycles. The van der Waals surface area contributed by atoms with Gasteiger partial charge in [0.05, 0.1) is 0 Å². The zero-order valence-corrected chi connectivity index (χ0v) is 7.90. The van der Waals surface area contributed by atoms with Gasteiger partial charge in [0, 0.05) is 6.42 Å². The lowest BCUT2D eigenvalue weighted by Gasteiger charge is -1.90. The van der Waals surface area contributed by atoms with Crippen LogP contribution in [0.4, 0.5) is 0 Å². The lowest BCUT2D eigenvalue weighted by atomic mass is 10.4. The Bertz CT molecular complexity index is 80.9. The molecule has 2 nitrogen and oxygen atoms in total. The molecule has 0 aromatic heterocycles. The van der Waals surface area contributed by atoms with E-state index in [1.54, 1.807) is 0 Å². The van der Waals surface area contributed by atoms with Crippen LogP contribution in [0.15, 0.2) is 0 Å². The predicted molar refractivity (Wildman–Crippen MR) is 45.4 cm³/mol. The maximum absolute atomic E-state index is 9.81. The molecule has 0 bridgehead atoms. The van der Waals surface area contributed by atoms with E-state index in [-0.39, 0.29) is 5.24 Å². The number of carbonyl (C=O) groups excluding carboxylic acids is 1. The molecular formula is C7H16ClNO. The fourth-order valence-corrected chi connectivity index (χ4v) is 0.386. The van der Waals surface area contributed by atoms with Crippen molar-refractivity contribution in [3.8, 4) is 0 Å². The van der Waals surface area contributed by atoms with Crippen LogP contribution in [0.2, 0.25) is 0 Å². The summed E-state index contributed by atoms with van der Waals surface area (Å²) in [4.78, 5) is 11.8. The third kappa shape index (κ3) is 44.5. The van der Waals surface area contributed by atoms with Crippen LogP contribution in [0.1, 0.15) is 19.8 Å². The van der Waals surface area contributed by atoms with E-state index in [2.05, 4.69) is 0 Å². The zero-order valence-electron chi connectivity index (χ0n) is 7.15. The average Bonchev–Trinajstić information content (AvgIpc) is 1.62. The van der Waals surface area contributed by atoms with Gasteiger partial charge in [-0.25, -0.2) is 0 Å². The largest absolute Gasteiger partial charge is 0.312 e. The Morgan fingerprint density at radius 3 is 1.70 bits per heavy atom. The van der Waals surface area contributed by atoms with E-state index in [4.69, 9.17) is 11.6 Å². The second-order valence-electron chi connectivity index (χ2n) is 2.45. The molecule has 10 heavy (non-hydrogen) atoms. The Hall–Kier alpha value is -0.0800. The first-order chi connectivity index (χ1) is 4.50. The molecule has 0 saturated carbocycles. The van der Waals surface area contributed by atoms with Crippen LogP contribution >= 0.6 is 11.6 Å². The fourth-order valence-electron chi connectivity index (χ4n) is 0.197. The Morgan fingerprint density at radius 2 is 1.70 bits per heavy atom. The smallest absolute Gasteiger partial charge is 0.221 e. The molecule has 0 fully saturated rings. The van der Waals surface area contributed by atoms with Crippen molar-refractivity contribution in [2.45, 2.75) is 19.8 Å². The number of nitrogens with zero attached hydrogens (tertiary/aromatic N) is 1. The number of rotatable bonds is 2. The Labute approximate surface area is 68.2 Å². The number of carbonyl (C=O) groups is 1. The van der Waals surface area contributed by atoms with Gasteiger partial charge in [-0.3, -0.25) is 4.79 Å². The molecule has 0 rings (SSSR count). The molecule has 0 spiro atoms. The third-order valence-corrected chi connectivity index (χ3v) is 0.636. The van der Waals surface area contributed by atoms with Crippen LogP contribution in [-0.4, -0.2) is 31.3 Å². The second-order valence-corrected chi connectivity index (χ2v) is 2.87. The molecule has 62 valence electrons. The second kappa shape index (κ2) is 8.92. The first kappa shape index (κ1) is 12.6. The Balaban J connectivity index is 0. The minimum atomic E-state index is -0.238. The van der Waals surface area contributed by atoms with Gasteiger partial charge in [-0.1, -0.05) is 6.92 Å². The molecule has 0 heterocycles. The highest BCUT2D eigenvalue weighted by molar-refractivity contribution is 6.63. The van der Waals surface area contributed by atoms with Crippen molar-refractivity contribution in [1.29, 1.82) is 0 Å². The lowest BCUT2D eigenvalue weighted by Crippen LogP contribution is -1.99. The molecule has 0 aromatic rings. The van der Waals surface area contributed by atoms with Gasteiger partial charge in [0.2, 0.25) is 5.24 Å². The van der Waals surface area contributed by atoms with Gasteiger partial charge in [0.1, 0.15) is 0 Å². The highest BCUT2D eigenvalue weighted by Crippen LogP contribution is 1.90. The molecule has 0 atom stereocenters. The van der Waals surface area contributed by atoms with E-state index in [0.29, 0.717) is 6.42 Å². The summed E-state index contributed by atoms with van der Waals surface area (Å²) in [6.45, 7) is 1.92. The standard InChI is InChI=1S/C4H7ClO.C3H9N/c1-2-3-4(5)6;1-4(2)3/h2-3H2,1H3;1-3H3. The van der Waals surface area contributed by atoms with Crippen molar-refractivity contribution in [2.75, 3.05) is 21.1 Å². The predicted octanol–water partition coefficient (Wildman–Crippen LogP) is 1.73. The molecule has 0 N–H and O–H groups in total. The quantitative estimate of drug-likeness (QED) is 0.581. The Morgan fingerprint density at radius 1 is 1.40 bits per heavy atom. The van der Waals surface area contributed by atoms with Gasteiger partial charge in [-0.15, -0.1) is 0 Å². The first-order valence-electron chi connectivity index (χ1n) is 3.30. The normalized spacial score (nSPS) is 8.60. The van der Waals surface area contributed by atoms with Gasteiger partial charge in [0.25, 0.3) is 0 Å². The van der Waals surface area contributed by atoms with Gasteiger partial charge >= 0.3 is 0 Å². The van der Waals surface area contributed by atoms with E-state index >= 15 is 0 Å². The van der Waals surface area contributed by atoms with Crippen molar-refractivity contribution in [3.05, 3.63) is 0 Å². The van der Waals surface area contributed by atoms with Crippen LogP contribution in [-0.2, 0) is 4.79 Å². The number of halogens is 1. The van der Waals surface area contributed by atoms with Crippen molar-refractivity contribution in [1.82, 2.24) is 4.90 Å². The molecule has 0 aliphatic heterocycles. The summed E-state index contributed by atoms with van der Waals surface area (Å²) in [6.07, 6.45) is 1.35. The Kier molecular flexibility index (Phi) is 11.2. The summed E-state index contributed by atoms with van der Waals surface area (Å²) >= 11 is 4.94. The average molecular weight is 166 g/mol. The highest BCUT2D eigenvalue weighted by atomic mass is 35.5. The summed E-state index contributed by atoms with van der Waals surface area (Å²) in [5.41, 5.74) is 0. The minimum Gasteiger partial charge on any atom is -0.312 e. The van der Waals surface area contributed by atoms with Crippen LogP contribution < -0.4 is 0 Å². The number of hydrogen-bond acceptors (Lipinski definition) is 2. The SMILES string of the molecule is CCCC(=O)Cl.CN(C)C. The maximum atomic E-state index is 9.81. The molecular weight excluding hydrogens is 150 g/mol. The van der Waals surface area contributed by atoms with Gasteiger partial charge < -0.3 is 4.90 Å². The van der Waals surface area contributed by atoms with E-state index in [1.807, 2.05) is 33.0 Å². The van der Waals surface area contributed by atoms with Crippen molar-refractivity contribution >= 4 is 16.8 Å². The molecule has 0 unspecified atom stereocenters. The molecule has 0 radical (unpaired) electrons. The molecule has 0 aliphatic rings. The van der Waals surface area contributed by atoms with Crippen molar-refractivity contribution in [2.24, 2.45) is 0 Å². The van der Waals surface area contributed by atoms with Crippen LogP contribution in [0, 0.1) is 0 Å². The topological polar surface area (TPSA) is 20.3 Å². The molecule has 0 amide bonds. The van der Waals surface area contributed by atoms with Gasteiger partial charge in [-0.2, -0.15) is 0 Å². The van der Waals surface area contributed by atoms with Gasteiger partial charge in [-0.05, 0) is 39.2 Å². The maximum Gasteiger partial charge on any atom is 0.221 e. The summed E-state index contributed by atoms with van der Waals surface area (Å²) < 4.78 is 0. The molecule has 0 aromatic carbocycles. The van der Waals surface area contributed by atoms with Crippen molar-refractivity contribution < 1.29 is 4.79 Å². The monoisotopic (exact) mass is 165 g/mol. The minimum absolute atomic E-state index is 0.238. The highest BCUT2D eigenvalue weighted by Gasteiger charge is 1.87. The van der Waals surface area contributed by atoms with Crippen LogP contribution in [0.3, 0.4) is 0 Å². The summed E-state index contributed by atoms with van der Waals surface area (Å²) in [6, 6.07) is 0. The molecule has 0 aliphatic carbocycles. The van der Waals surface area contributed by atoms with Crippen LogP contribution in [0.5, 0.6) is 0 Å². The number of hydrogen-bond donors (Lipinski definition) is 0. The first-order valence-corrected chi connectivity index (χ1v) is 3.67. The molecule has 3 heteroatoms. The van der Waals surface area contributed by atoms with E-state index in [0.717, 1.165) is 6.42 Å². The summed E-state index contributed by atoms with van der Waals surface area (Å²) in [7, 11) is 6.00.